The lowest BCUT2D eigenvalue weighted by Crippen LogP contribution is -2.47. The molecule has 3 N–H and O–H groups in total. The van der Waals surface area contributed by atoms with Crippen molar-refractivity contribution in [3.05, 3.63) is 52.1 Å². The molecule has 0 saturated carbocycles. The minimum Gasteiger partial charge on any atom is -0.493 e. The third kappa shape index (κ3) is 5.63. The summed E-state index contributed by atoms with van der Waals surface area (Å²) in [5.74, 6) is -1.85. The Balaban J connectivity index is 1.70. The van der Waals surface area contributed by atoms with Gasteiger partial charge >= 0.3 is 5.97 Å². The quantitative estimate of drug-likeness (QED) is 0.300. The second-order valence-electron chi connectivity index (χ2n) is 11.1. The van der Waals surface area contributed by atoms with Crippen molar-refractivity contribution in [1.82, 2.24) is 10.2 Å². The number of aliphatic carboxylic acids is 1. The standard InChI is InChI=1S/C30H33N5O7/c1-6-41-23-11-17-14-34(27(32)18(17)12-19(23)28(39)33-5)15-22(36)16-9-20(30(2,3)4)26-21(10-16)35(8-7-31)29(40)24(42-26)13-25(37)38/h9-12,24,32H,6,8,13-15H2,1-5H3,(H,33,39)(H,37,38). The van der Waals surface area contributed by atoms with Crippen LogP contribution in [0.15, 0.2) is 24.3 Å². The Morgan fingerprint density at radius 2 is 1.95 bits per heavy atom. The Labute approximate surface area is 243 Å². The summed E-state index contributed by atoms with van der Waals surface area (Å²) >= 11 is 0. The minimum atomic E-state index is -1.31. The van der Waals surface area contributed by atoms with Crippen LogP contribution in [0.2, 0.25) is 0 Å². The summed E-state index contributed by atoms with van der Waals surface area (Å²) in [5, 5.41) is 30.1. The average Bonchev–Trinajstić information content (AvgIpc) is 3.22. The number of hydrogen-bond acceptors (Lipinski definition) is 8. The van der Waals surface area contributed by atoms with Gasteiger partial charge in [0.05, 0.1) is 36.9 Å². The van der Waals surface area contributed by atoms with E-state index >= 15 is 0 Å². The van der Waals surface area contributed by atoms with Crippen molar-refractivity contribution in [3.63, 3.8) is 0 Å². The number of amidine groups is 1. The molecule has 1 unspecified atom stereocenters. The molecular weight excluding hydrogens is 542 g/mol. The number of anilines is 1. The number of Topliss-reactive ketones (excluding diaryl/α,β-unsaturated/α-hetero) is 1. The van der Waals surface area contributed by atoms with Crippen molar-refractivity contribution < 1.29 is 33.8 Å². The lowest BCUT2D eigenvalue weighted by atomic mass is 9.83. The topological polar surface area (TPSA) is 173 Å². The van der Waals surface area contributed by atoms with Gasteiger partial charge in [0.1, 0.15) is 23.9 Å². The molecule has 0 radical (unpaired) electrons. The number of ether oxygens (including phenoxy) is 2. The summed E-state index contributed by atoms with van der Waals surface area (Å²) in [4.78, 5) is 53.4. The first-order chi connectivity index (χ1) is 19.8. The molecule has 2 amide bonds. The first-order valence-corrected chi connectivity index (χ1v) is 13.4. The molecule has 2 aliphatic rings. The number of nitriles is 1. The highest BCUT2D eigenvalue weighted by atomic mass is 16.5. The van der Waals surface area contributed by atoms with E-state index in [1.807, 2.05) is 26.8 Å². The highest BCUT2D eigenvalue weighted by molar-refractivity contribution is 6.09. The van der Waals surface area contributed by atoms with Gasteiger partial charge in [-0.2, -0.15) is 5.26 Å². The molecule has 0 spiro atoms. The van der Waals surface area contributed by atoms with E-state index in [9.17, 15) is 29.5 Å². The summed E-state index contributed by atoms with van der Waals surface area (Å²) in [7, 11) is 1.51. The molecular formula is C30H33N5O7. The number of benzene rings is 2. The molecule has 1 atom stereocenters. The van der Waals surface area contributed by atoms with Crippen molar-refractivity contribution in [3.8, 4) is 17.6 Å². The van der Waals surface area contributed by atoms with Crippen LogP contribution in [0.1, 0.15) is 71.5 Å². The molecule has 0 fully saturated rings. The van der Waals surface area contributed by atoms with Crippen LogP contribution in [0, 0.1) is 16.7 Å². The zero-order valence-electron chi connectivity index (χ0n) is 24.2. The molecule has 0 aromatic heterocycles. The molecule has 2 heterocycles. The SMILES string of the molecule is CCOc1cc2c(cc1C(=O)NC)C(=N)N(CC(=O)c1cc3c(c(C(C)(C)C)c1)OC(CC(=O)O)C(=O)N3CC#N)C2. The lowest BCUT2D eigenvalue weighted by molar-refractivity contribution is -0.142. The maximum Gasteiger partial charge on any atom is 0.307 e. The monoisotopic (exact) mass is 575 g/mol. The number of nitrogens with one attached hydrogen (secondary N) is 2. The number of carboxylic acid groups (broad SMARTS) is 1. The zero-order chi connectivity index (χ0) is 30.9. The molecule has 12 nitrogen and oxygen atoms in total. The highest BCUT2D eigenvalue weighted by Gasteiger charge is 2.39. The Bertz CT molecular complexity index is 1540. The molecule has 2 aromatic carbocycles. The largest absolute Gasteiger partial charge is 0.493 e. The van der Waals surface area contributed by atoms with Gasteiger partial charge in [0.2, 0.25) is 0 Å². The van der Waals surface area contributed by atoms with Gasteiger partial charge < -0.3 is 24.8 Å². The summed E-state index contributed by atoms with van der Waals surface area (Å²) < 4.78 is 11.6. The first-order valence-electron chi connectivity index (χ1n) is 13.4. The zero-order valence-corrected chi connectivity index (χ0v) is 24.2. The van der Waals surface area contributed by atoms with Crippen LogP contribution in [-0.4, -0.2) is 72.3 Å². The van der Waals surface area contributed by atoms with Crippen molar-refractivity contribution in [2.24, 2.45) is 0 Å². The molecule has 0 aliphatic carbocycles. The maximum atomic E-state index is 13.7. The van der Waals surface area contributed by atoms with Gasteiger partial charge in [-0.15, -0.1) is 0 Å². The number of fused-ring (bicyclic) bond motifs is 2. The smallest absolute Gasteiger partial charge is 0.307 e. The van der Waals surface area contributed by atoms with E-state index < -0.39 is 29.8 Å². The molecule has 2 aromatic rings. The number of rotatable bonds is 9. The average molecular weight is 576 g/mol. The van der Waals surface area contributed by atoms with Crippen molar-refractivity contribution >= 4 is 35.1 Å². The predicted molar refractivity (Wildman–Crippen MR) is 152 cm³/mol. The Hall–Kier alpha value is -4.92. The summed E-state index contributed by atoms with van der Waals surface area (Å²) in [6.07, 6.45) is -1.88. The van der Waals surface area contributed by atoms with E-state index in [0.717, 1.165) is 10.5 Å². The van der Waals surface area contributed by atoms with Crippen molar-refractivity contribution in [2.75, 3.05) is 31.6 Å². The third-order valence-corrected chi connectivity index (χ3v) is 7.12. The predicted octanol–water partition coefficient (Wildman–Crippen LogP) is 2.86. The molecule has 2 aliphatic heterocycles. The van der Waals surface area contributed by atoms with E-state index in [1.54, 1.807) is 30.0 Å². The third-order valence-electron chi connectivity index (χ3n) is 7.12. The second kappa shape index (κ2) is 11.5. The number of carbonyl (C=O) groups is 4. The van der Waals surface area contributed by atoms with Gasteiger partial charge in [-0.25, -0.2) is 0 Å². The van der Waals surface area contributed by atoms with Gasteiger partial charge in [-0.1, -0.05) is 20.8 Å². The van der Waals surface area contributed by atoms with E-state index in [4.69, 9.17) is 14.9 Å². The number of hydrogen-bond donors (Lipinski definition) is 3. The van der Waals surface area contributed by atoms with Gasteiger partial charge in [0.25, 0.3) is 11.8 Å². The van der Waals surface area contributed by atoms with E-state index in [-0.39, 0.29) is 54.2 Å². The van der Waals surface area contributed by atoms with Crippen LogP contribution in [0.4, 0.5) is 5.69 Å². The van der Waals surface area contributed by atoms with Crippen LogP contribution in [-0.2, 0) is 21.5 Å². The van der Waals surface area contributed by atoms with Crippen molar-refractivity contribution in [2.45, 2.75) is 52.2 Å². The van der Waals surface area contributed by atoms with E-state index in [0.29, 0.717) is 29.0 Å². The minimum absolute atomic E-state index is 0.0849. The van der Waals surface area contributed by atoms with Crippen LogP contribution < -0.4 is 19.7 Å². The fourth-order valence-corrected chi connectivity index (χ4v) is 5.08. The molecule has 4 rings (SSSR count). The fourth-order valence-electron chi connectivity index (χ4n) is 5.08. The molecule has 12 heteroatoms. The number of ketones is 1. The fraction of sp³-hybridized carbons (Fsp3) is 0.400. The number of carbonyl (C=O) groups excluding carboxylic acids is 3. The molecule has 42 heavy (non-hydrogen) atoms. The van der Waals surface area contributed by atoms with E-state index in [2.05, 4.69) is 5.32 Å². The normalized spacial score (nSPS) is 15.9. The van der Waals surface area contributed by atoms with Gasteiger partial charge in [-0.3, -0.25) is 29.5 Å². The molecule has 220 valence electrons. The Morgan fingerprint density at radius 3 is 2.55 bits per heavy atom. The van der Waals surface area contributed by atoms with Gasteiger partial charge in [0.15, 0.2) is 11.9 Å². The van der Waals surface area contributed by atoms with Crippen LogP contribution in [0.3, 0.4) is 0 Å². The molecule has 0 bridgehead atoms. The molecule has 0 saturated heterocycles. The van der Waals surface area contributed by atoms with Crippen LogP contribution >= 0.6 is 0 Å². The number of amides is 2. The summed E-state index contributed by atoms with van der Waals surface area (Å²) in [5.41, 5.74) is 2.03. The highest BCUT2D eigenvalue weighted by Crippen LogP contribution is 2.44. The van der Waals surface area contributed by atoms with E-state index in [1.165, 1.54) is 13.1 Å². The summed E-state index contributed by atoms with van der Waals surface area (Å²) in [6, 6.07) is 8.38. The Kier molecular flexibility index (Phi) is 8.24. The number of nitrogens with zero attached hydrogens (tertiary/aromatic N) is 3. The first kappa shape index (κ1) is 30.0. The summed E-state index contributed by atoms with van der Waals surface area (Å²) in [6.45, 7) is 7.57. The number of carboxylic acids is 1. The van der Waals surface area contributed by atoms with Gasteiger partial charge in [-0.05, 0) is 42.2 Å². The van der Waals surface area contributed by atoms with Crippen molar-refractivity contribution in [1.29, 1.82) is 10.7 Å². The van der Waals surface area contributed by atoms with Crippen LogP contribution in [0.5, 0.6) is 11.5 Å². The Morgan fingerprint density at radius 1 is 1.24 bits per heavy atom. The van der Waals surface area contributed by atoms with Gasteiger partial charge in [0, 0.05) is 30.3 Å². The second-order valence-corrected chi connectivity index (χ2v) is 11.1. The maximum absolute atomic E-state index is 13.7. The van der Waals surface area contributed by atoms with Crippen LogP contribution in [0.25, 0.3) is 0 Å². The lowest BCUT2D eigenvalue weighted by Gasteiger charge is -2.36.